The van der Waals surface area contributed by atoms with E-state index in [-0.39, 0.29) is 0 Å². The van der Waals surface area contributed by atoms with Gasteiger partial charge in [-0.2, -0.15) is 0 Å². The van der Waals surface area contributed by atoms with E-state index in [9.17, 15) is 0 Å². The minimum absolute atomic E-state index is 0.316. The molecule has 228 valence electrons. The van der Waals surface area contributed by atoms with Gasteiger partial charge in [0, 0.05) is 20.6 Å². The molecule has 2 aromatic heterocycles. The summed E-state index contributed by atoms with van der Waals surface area (Å²) in [4.78, 5) is 5.22. The maximum Gasteiger partial charge on any atom is 0.149 e. The number of furan rings is 1. The summed E-state index contributed by atoms with van der Waals surface area (Å²) in [5.41, 5.74) is 13.1. The van der Waals surface area contributed by atoms with Gasteiger partial charge >= 0.3 is 0 Å². The van der Waals surface area contributed by atoms with E-state index < -0.39 is 6.85 Å². The highest BCUT2D eigenvalue weighted by atomic mass is 16.3. The van der Waals surface area contributed by atoms with Crippen molar-refractivity contribution in [2.75, 3.05) is 0 Å². The molecule has 0 amide bonds. The number of aromatic nitrogens is 2. The number of imidazole rings is 1. The minimum Gasteiger partial charge on any atom is -0.455 e. The topological polar surface area (TPSA) is 31.0 Å². The summed E-state index contributed by atoms with van der Waals surface area (Å²) in [6.45, 7) is -0.0759. The van der Waals surface area contributed by atoms with Gasteiger partial charge in [0.05, 0.1) is 16.6 Å². The molecule has 0 atom stereocenters. The molecule has 0 fully saturated rings. The average molecular weight is 620 g/mol. The minimum atomic E-state index is -2.16. The van der Waals surface area contributed by atoms with Gasteiger partial charge < -0.3 is 4.42 Å². The van der Waals surface area contributed by atoms with E-state index in [2.05, 4.69) is 127 Å². The molecule has 9 aromatic rings. The summed E-state index contributed by atoms with van der Waals surface area (Å²) in [7, 11) is 0. The van der Waals surface area contributed by atoms with Crippen LogP contribution in [-0.4, -0.2) is 9.55 Å². The van der Waals surface area contributed by atoms with Gasteiger partial charge in [0.2, 0.25) is 0 Å². The highest BCUT2D eigenvalue weighted by Crippen LogP contribution is 2.43. The van der Waals surface area contributed by atoms with Gasteiger partial charge in [-0.1, -0.05) is 126 Å². The van der Waals surface area contributed by atoms with Crippen LogP contribution in [0.2, 0.25) is 0 Å². The number of para-hydroxylation sites is 3. The van der Waals surface area contributed by atoms with Crippen molar-refractivity contribution in [3.63, 3.8) is 0 Å². The van der Waals surface area contributed by atoms with Crippen LogP contribution in [0.1, 0.15) is 15.2 Å². The van der Waals surface area contributed by atoms with Gasteiger partial charge in [-0.15, -0.1) is 0 Å². The highest BCUT2D eigenvalue weighted by Gasteiger charge is 2.22. The van der Waals surface area contributed by atoms with Crippen LogP contribution in [0.3, 0.4) is 0 Å². The van der Waals surface area contributed by atoms with Crippen LogP contribution < -0.4 is 0 Å². The monoisotopic (exact) mass is 619 g/mol. The lowest BCUT2D eigenvalue weighted by atomic mass is 9.93. The molecule has 0 spiro atoms. The van der Waals surface area contributed by atoms with Crippen LogP contribution in [0.15, 0.2) is 162 Å². The summed E-state index contributed by atoms with van der Waals surface area (Å²) in [5.74, 6) is 0.795. The van der Waals surface area contributed by atoms with Gasteiger partial charge in [-0.05, 0) is 89.6 Å². The molecule has 0 aliphatic heterocycles. The Balaban J connectivity index is 1.29. The first-order valence-corrected chi connectivity index (χ1v) is 16.1. The maximum atomic E-state index is 7.84. The fourth-order valence-electron chi connectivity index (χ4n) is 6.82. The Morgan fingerprint density at radius 2 is 1.27 bits per heavy atom. The number of fused-ring (bicyclic) bond motifs is 4. The van der Waals surface area contributed by atoms with Crippen molar-refractivity contribution < 1.29 is 8.53 Å². The third kappa shape index (κ3) is 4.71. The van der Waals surface area contributed by atoms with Gasteiger partial charge in [0.15, 0.2) is 0 Å². The molecule has 0 N–H and O–H groups in total. The zero-order valence-electron chi connectivity index (χ0n) is 29.3. The molecule has 0 saturated heterocycles. The fourth-order valence-corrected chi connectivity index (χ4v) is 6.82. The predicted molar refractivity (Wildman–Crippen MR) is 200 cm³/mol. The summed E-state index contributed by atoms with van der Waals surface area (Å²) in [6, 6.07) is 53.4. The Labute approximate surface area is 283 Å². The van der Waals surface area contributed by atoms with Crippen molar-refractivity contribution in [3.8, 4) is 50.5 Å². The third-order valence-corrected chi connectivity index (χ3v) is 9.19. The highest BCUT2D eigenvalue weighted by molar-refractivity contribution is 6.16. The number of hydrogen-bond acceptors (Lipinski definition) is 2. The van der Waals surface area contributed by atoms with Crippen LogP contribution in [0.4, 0.5) is 0 Å². The first-order valence-electron chi connectivity index (χ1n) is 17.6. The van der Waals surface area contributed by atoms with E-state index in [4.69, 9.17) is 13.5 Å². The zero-order chi connectivity index (χ0) is 34.7. The molecule has 0 unspecified atom stereocenters. The molecule has 0 bridgehead atoms. The van der Waals surface area contributed by atoms with Gasteiger partial charge in [0.1, 0.15) is 17.0 Å². The van der Waals surface area contributed by atoms with E-state index >= 15 is 0 Å². The Kier molecular flexibility index (Phi) is 5.85. The summed E-state index contributed by atoms with van der Waals surface area (Å²) in [6.07, 6.45) is 0. The number of aryl methyl sites for hydroxylation is 2. The molecule has 0 radical (unpaired) electrons. The van der Waals surface area contributed by atoms with E-state index in [0.717, 1.165) is 83.4 Å². The molecule has 9 rings (SSSR count). The van der Waals surface area contributed by atoms with Crippen molar-refractivity contribution in [1.29, 1.82) is 0 Å². The van der Waals surface area contributed by atoms with Crippen LogP contribution in [0.25, 0.3) is 83.4 Å². The smallest absolute Gasteiger partial charge is 0.149 e. The summed E-state index contributed by atoms with van der Waals surface area (Å²) in [5, 5.41) is 2.02. The second kappa shape index (κ2) is 11.3. The normalized spacial score (nSPS) is 12.7. The van der Waals surface area contributed by atoms with Gasteiger partial charge in [0.25, 0.3) is 0 Å². The van der Waals surface area contributed by atoms with Crippen LogP contribution in [0.5, 0.6) is 0 Å². The summed E-state index contributed by atoms with van der Waals surface area (Å²) < 4.78 is 32.6. The number of rotatable bonds is 5. The lowest BCUT2D eigenvalue weighted by Gasteiger charge is -2.12. The average Bonchev–Trinajstić information content (AvgIpc) is 3.74. The third-order valence-electron chi connectivity index (χ3n) is 9.19. The second-order valence-corrected chi connectivity index (χ2v) is 12.3. The molecule has 7 aromatic carbocycles. The van der Waals surface area contributed by atoms with Gasteiger partial charge in [-0.25, -0.2) is 4.98 Å². The standard InChI is InChI=1S/C45H32N2O/c1-29-18-22-32(23-19-29)35-27-39(33-24-20-30(2)21-25-33)43-37-14-9-15-38(44(37)48-42(43)28-35)45-46-40-16-6-7-17-41(40)47(45)36-13-8-12-34(26-36)31-10-4-3-5-11-31/h3-28H,1-2H3/i1D3. The van der Waals surface area contributed by atoms with Crippen LogP contribution in [-0.2, 0) is 0 Å². The number of hydrogen-bond donors (Lipinski definition) is 0. The van der Waals surface area contributed by atoms with Crippen LogP contribution in [0, 0.1) is 13.8 Å². The predicted octanol–water partition coefficient (Wildman–Crippen LogP) is 12.2. The Bertz CT molecular complexity index is 2720. The largest absolute Gasteiger partial charge is 0.455 e. The molecule has 3 heteroatoms. The lowest BCUT2D eigenvalue weighted by molar-refractivity contribution is 0.669. The van der Waals surface area contributed by atoms with Crippen molar-refractivity contribution in [2.45, 2.75) is 13.8 Å². The molecule has 0 saturated carbocycles. The first kappa shape index (κ1) is 25.0. The Morgan fingerprint density at radius 1 is 0.562 bits per heavy atom. The molecule has 0 aliphatic rings. The SMILES string of the molecule is [2H]C([2H])([2H])c1ccc(-c2cc(-c3ccc(C)cc3)c3c(c2)oc2c(-c4nc5ccccc5n4-c4cccc(-c5ccccc5)c4)cccc23)cc1. The van der Waals surface area contributed by atoms with E-state index in [0.29, 0.717) is 5.56 Å². The van der Waals surface area contributed by atoms with Crippen molar-refractivity contribution >= 4 is 33.0 Å². The van der Waals surface area contributed by atoms with E-state index in [1.165, 1.54) is 5.56 Å². The fraction of sp³-hybridized carbons (Fsp3) is 0.0444. The quantitative estimate of drug-likeness (QED) is 0.192. The molecule has 48 heavy (non-hydrogen) atoms. The molecule has 2 heterocycles. The van der Waals surface area contributed by atoms with Crippen molar-refractivity contribution in [1.82, 2.24) is 9.55 Å². The molecule has 0 aliphatic carbocycles. The van der Waals surface area contributed by atoms with Crippen LogP contribution >= 0.6 is 0 Å². The maximum absolute atomic E-state index is 7.84. The Hall–Kier alpha value is -6.19. The van der Waals surface area contributed by atoms with Crippen molar-refractivity contribution in [2.24, 2.45) is 0 Å². The van der Waals surface area contributed by atoms with Crippen molar-refractivity contribution in [3.05, 3.63) is 169 Å². The second-order valence-electron chi connectivity index (χ2n) is 12.3. The van der Waals surface area contributed by atoms with E-state index in [1.54, 1.807) is 12.1 Å². The number of benzene rings is 7. The zero-order valence-corrected chi connectivity index (χ0v) is 26.3. The first-order chi connectivity index (χ1) is 24.8. The number of nitrogens with zero attached hydrogens (tertiary/aromatic N) is 2. The molecular weight excluding hydrogens is 585 g/mol. The molecular formula is C45H32N2O. The van der Waals surface area contributed by atoms with E-state index in [1.807, 2.05) is 30.3 Å². The van der Waals surface area contributed by atoms with Gasteiger partial charge in [-0.3, -0.25) is 4.57 Å². The summed E-state index contributed by atoms with van der Waals surface area (Å²) >= 11 is 0. The molecule has 3 nitrogen and oxygen atoms in total. The Morgan fingerprint density at radius 3 is 2.10 bits per heavy atom. The lowest BCUT2D eigenvalue weighted by Crippen LogP contribution is -1.98.